The van der Waals surface area contributed by atoms with Crippen molar-refractivity contribution in [1.29, 1.82) is 0 Å². The van der Waals surface area contributed by atoms with Crippen molar-refractivity contribution in [3.05, 3.63) is 48.0 Å². The first-order valence-corrected chi connectivity index (χ1v) is 8.69. The molecule has 0 spiro atoms. The monoisotopic (exact) mass is 357 g/mol. The quantitative estimate of drug-likeness (QED) is 0.557. The van der Waals surface area contributed by atoms with Gasteiger partial charge in [0.2, 0.25) is 0 Å². The van der Waals surface area contributed by atoms with Crippen LogP contribution in [-0.4, -0.2) is 33.3 Å². The molecule has 0 saturated heterocycles. The SMILES string of the molecule is CCNC(=NCc1ccccc1OCC)Nc1ccc(OC)c(OC)c1. The molecule has 0 aliphatic rings. The van der Waals surface area contributed by atoms with E-state index in [-0.39, 0.29) is 0 Å². The molecular formula is C20H27N3O3. The Kier molecular flexibility index (Phi) is 7.61. The smallest absolute Gasteiger partial charge is 0.196 e. The van der Waals surface area contributed by atoms with Crippen molar-refractivity contribution >= 4 is 11.6 Å². The maximum absolute atomic E-state index is 5.66. The molecule has 0 bridgehead atoms. The molecule has 0 radical (unpaired) electrons. The summed E-state index contributed by atoms with van der Waals surface area (Å²) < 4.78 is 16.3. The summed E-state index contributed by atoms with van der Waals surface area (Å²) in [7, 11) is 3.23. The molecule has 2 aromatic rings. The summed E-state index contributed by atoms with van der Waals surface area (Å²) in [5.74, 6) is 2.90. The Morgan fingerprint density at radius 3 is 2.42 bits per heavy atom. The van der Waals surface area contributed by atoms with Gasteiger partial charge in [-0.15, -0.1) is 0 Å². The summed E-state index contributed by atoms with van der Waals surface area (Å²) in [4.78, 5) is 4.66. The van der Waals surface area contributed by atoms with Gasteiger partial charge in [0.05, 0.1) is 27.4 Å². The molecule has 0 fully saturated rings. The molecule has 2 aromatic carbocycles. The fourth-order valence-corrected chi connectivity index (χ4v) is 2.45. The zero-order chi connectivity index (χ0) is 18.8. The van der Waals surface area contributed by atoms with Crippen LogP contribution in [0.2, 0.25) is 0 Å². The van der Waals surface area contributed by atoms with E-state index >= 15 is 0 Å². The van der Waals surface area contributed by atoms with Gasteiger partial charge in [-0.1, -0.05) is 18.2 Å². The minimum atomic E-state index is 0.513. The van der Waals surface area contributed by atoms with E-state index in [1.165, 1.54) is 0 Å². The number of rotatable bonds is 8. The summed E-state index contributed by atoms with van der Waals surface area (Å²) >= 11 is 0. The fraction of sp³-hybridized carbons (Fsp3) is 0.350. The lowest BCUT2D eigenvalue weighted by Gasteiger charge is -2.14. The van der Waals surface area contributed by atoms with Gasteiger partial charge in [-0.25, -0.2) is 4.99 Å². The van der Waals surface area contributed by atoms with Crippen LogP contribution in [0.1, 0.15) is 19.4 Å². The van der Waals surface area contributed by atoms with Crippen LogP contribution in [-0.2, 0) is 6.54 Å². The van der Waals surface area contributed by atoms with Crippen molar-refractivity contribution in [2.45, 2.75) is 20.4 Å². The van der Waals surface area contributed by atoms with Crippen molar-refractivity contribution < 1.29 is 14.2 Å². The van der Waals surface area contributed by atoms with Crippen molar-refractivity contribution in [2.24, 2.45) is 4.99 Å². The number of para-hydroxylation sites is 1. The Morgan fingerprint density at radius 1 is 0.962 bits per heavy atom. The summed E-state index contributed by atoms with van der Waals surface area (Å²) in [6, 6.07) is 13.6. The van der Waals surface area contributed by atoms with Gasteiger partial charge < -0.3 is 24.8 Å². The van der Waals surface area contributed by atoms with E-state index in [4.69, 9.17) is 14.2 Å². The molecule has 6 nitrogen and oxygen atoms in total. The summed E-state index contributed by atoms with van der Waals surface area (Å²) in [6.45, 7) is 5.90. The standard InChI is InChI=1S/C20H27N3O3/c1-5-21-20(22-14-15-9-7-8-10-17(15)26-6-2)23-16-11-12-18(24-3)19(13-16)25-4/h7-13H,5-6,14H2,1-4H3,(H2,21,22,23). The number of hydrogen-bond donors (Lipinski definition) is 2. The first kappa shape index (κ1) is 19.4. The third-order valence-corrected chi connectivity index (χ3v) is 3.67. The van der Waals surface area contributed by atoms with Gasteiger partial charge >= 0.3 is 0 Å². The summed E-state index contributed by atoms with van der Waals surface area (Å²) in [5.41, 5.74) is 1.90. The average molecular weight is 357 g/mol. The number of nitrogens with zero attached hydrogens (tertiary/aromatic N) is 1. The third-order valence-electron chi connectivity index (χ3n) is 3.67. The topological polar surface area (TPSA) is 64.1 Å². The second-order valence-corrected chi connectivity index (χ2v) is 5.43. The maximum atomic E-state index is 5.66. The van der Waals surface area contributed by atoms with Crippen LogP contribution < -0.4 is 24.8 Å². The van der Waals surface area contributed by atoms with Crippen LogP contribution >= 0.6 is 0 Å². The van der Waals surface area contributed by atoms with Crippen molar-refractivity contribution in [3.8, 4) is 17.2 Å². The van der Waals surface area contributed by atoms with E-state index in [1.807, 2.05) is 56.3 Å². The van der Waals surface area contributed by atoms with Crippen molar-refractivity contribution in [2.75, 3.05) is 32.7 Å². The predicted octanol–water partition coefficient (Wildman–Crippen LogP) is 3.68. The van der Waals surface area contributed by atoms with Gasteiger partial charge in [-0.3, -0.25) is 0 Å². The highest BCUT2D eigenvalue weighted by molar-refractivity contribution is 5.93. The van der Waals surface area contributed by atoms with Crippen molar-refractivity contribution in [3.63, 3.8) is 0 Å². The van der Waals surface area contributed by atoms with Crippen LogP contribution in [0.15, 0.2) is 47.5 Å². The Hall–Kier alpha value is -2.89. The molecule has 0 heterocycles. The Bertz CT molecular complexity index is 732. The molecule has 26 heavy (non-hydrogen) atoms. The average Bonchev–Trinajstić information content (AvgIpc) is 2.67. The van der Waals surface area contributed by atoms with E-state index < -0.39 is 0 Å². The Balaban J connectivity index is 2.17. The number of anilines is 1. The number of guanidine groups is 1. The Labute approximate surface area is 155 Å². The highest BCUT2D eigenvalue weighted by Gasteiger charge is 2.07. The van der Waals surface area contributed by atoms with E-state index in [2.05, 4.69) is 15.6 Å². The van der Waals surface area contributed by atoms with Gasteiger partial charge in [-0.2, -0.15) is 0 Å². The number of nitrogens with one attached hydrogen (secondary N) is 2. The van der Waals surface area contributed by atoms with Crippen molar-refractivity contribution in [1.82, 2.24) is 5.32 Å². The largest absolute Gasteiger partial charge is 0.494 e. The van der Waals surface area contributed by atoms with Gasteiger partial charge in [0.15, 0.2) is 17.5 Å². The van der Waals surface area contributed by atoms with E-state index in [0.717, 1.165) is 23.5 Å². The lowest BCUT2D eigenvalue weighted by molar-refractivity contribution is 0.336. The molecule has 0 atom stereocenters. The molecule has 140 valence electrons. The molecular weight excluding hydrogens is 330 g/mol. The fourth-order valence-electron chi connectivity index (χ4n) is 2.45. The van der Waals surface area contributed by atoms with Gasteiger partial charge in [-0.05, 0) is 32.0 Å². The van der Waals surface area contributed by atoms with Crippen LogP contribution in [0, 0.1) is 0 Å². The Morgan fingerprint density at radius 2 is 1.73 bits per heavy atom. The zero-order valence-electron chi connectivity index (χ0n) is 15.8. The molecule has 0 saturated carbocycles. The van der Waals surface area contributed by atoms with Crippen LogP contribution in [0.4, 0.5) is 5.69 Å². The molecule has 0 aromatic heterocycles. The minimum Gasteiger partial charge on any atom is -0.494 e. The molecule has 0 unspecified atom stereocenters. The molecule has 2 N–H and O–H groups in total. The predicted molar refractivity (Wildman–Crippen MR) is 106 cm³/mol. The summed E-state index contributed by atoms with van der Waals surface area (Å²) in [6.07, 6.45) is 0. The van der Waals surface area contributed by atoms with E-state index in [0.29, 0.717) is 30.6 Å². The zero-order valence-corrected chi connectivity index (χ0v) is 15.8. The number of aliphatic imine (C=N–C) groups is 1. The van der Waals surface area contributed by atoms with Gasteiger partial charge in [0.1, 0.15) is 5.75 Å². The second kappa shape index (κ2) is 10.2. The molecule has 6 heteroatoms. The number of hydrogen-bond acceptors (Lipinski definition) is 4. The third kappa shape index (κ3) is 5.31. The van der Waals surface area contributed by atoms with E-state index in [1.54, 1.807) is 14.2 Å². The minimum absolute atomic E-state index is 0.513. The first-order chi connectivity index (χ1) is 12.7. The molecule has 2 rings (SSSR count). The maximum Gasteiger partial charge on any atom is 0.196 e. The lowest BCUT2D eigenvalue weighted by Crippen LogP contribution is -2.30. The van der Waals surface area contributed by atoms with Gasteiger partial charge in [0.25, 0.3) is 0 Å². The second-order valence-electron chi connectivity index (χ2n) is 5.43. The van der Waals surface area contributed by atoms with E-state index in [9.17, 15) is 0 Å². The van der Waals surface area contributed by atoms with Gasteiger partial charge in [0, 0.05) is 23.9 Å². The number of methoxy groups -OCH3 is 2. The van der Waals surface area contributed by atoms with Crippen LogP contribution in [0.3, 0.4) is 0 Å². The molecule has 0 amide bonds. The first-order valence-electron chi connectivity index (χ1n) is 8.69. The highest BCUT2D eigenvalue weighted by atomic mass is 16.5. The molecule has 0 aliphatic heterocycles. The normalized spacial score (nSPS) is 11.0. The summed E-state index contributed by atoms with van der Waals surface area (Å²) in [5, 5.41) is 6.54. The number of benzene rings is 2. The lowest BCUT2D eigenvalue weighted by atomic mass is 10.2. The van der Waals surface area contributed by atoms with Crippen LogP contribution in [0.5, 0.6) is 17.2 Å². The van der Waals surface area contributed by atoms with Crippen LogP contribution in [0.25, 0.3) is 0 Å². The molecule has 0 aliphatic carbocycles. The number of ether oxygens (including phenoxy) is 3. The highest BCUT2D eigenvalue weighted by Crippen LogP contribution is 2.29.